The first-order valence-corrected chi connectivity index (χ1v) is 2.93. The molecule has 0 aromatic heterocycles. The maximum atomic E-state index is 9.47. The molecule has 0 amide bonds. The van der Waals surface area contributed by atoms with Crippen molar-refractivity contribution in [1.29, 1.82) is 0 Å². The maximum absolute atomic E-state index is 9.47. The van der Waals surface area contributed by atoms with Gasteiger partial charge in [-0.2, -0.15) is 0 Å². The van der Waals surface area contributed by atoms with Crippen molar-refractivity contribution >= 4 is 14.0 Å². The quantitative estimate of drug-likeness (QED) is 0.352. The highest BCUT2D eigenvalue weighted by Crippen LogP contribution is 1.73. The van der Waals surface area contributed by atoms with Crippen LogP contribution in [0.5, 0.6) is 0 Å². The lowest BCUT2D eigenvalue weighted by molar-refractivity contribution is -0.849. The van der Waals surface area contributed by atoms with E-state index in [0.29, 0.717) is 0 Å². The predicted octanol–water partition coefficient (Wildman–Crippen LogP) is -0.0446. The summed E-state index contributed by atoms with van der Waals surface area (Å²) in [5, 5.41) is 0. The third-order valence-corrected chi connectivity index (χ3v) is 0.166. The summed E-state index contributed by atoms with van der Waals surface area (Å²) in [6.45, 7) is 1.24. The lowest BCUT2D eigenvalue weighted by Gasteiger charge is -2.14. The SMILES string of the molecule is C[N+](C)(C)C.[B]OC(C)=O. The minimum Gasteiger partial charge on any atom is -0.544 e. The first-order chi connectivity index (χ1) is 4.27. The number of carbonyl (C=O) groups is 1. The van der Waals surface area contributed by atoms with Crippen molar-refractivity contribution in [2.24, 2.45) is 0 Å². The zero-order valence-corrected chi connectivity index (χ0v) is 7.34. The van der Waals surface area contributed by atoms with E-state index in [9.17, 15) is 4.79 Å². The largest absolute Gasteiger partial charge is 0.544 e. The van der Waals surface area contributed by atoms with Crippen LogP contribution in [-0.4, -0.2) is 46.7 Å². The molecule has 0 saturated carbocycles. The molecule has 0 spiro atoms. The molecule has 0 heterocycles. The van der Waals surface area contributed by atoms with Crippen LogP contribution in [0.4, 0.5) is 0 Å². The predicted molar refractivity (Wildman–Crippen MR) is 41.5 cm³/mol. The van der Waals surface area contributed by atoms with E-state index in [1.807, 2.05) is 0 Å². The third-order valence-electron chi connectivity index (χ3n) is 0.166. The second-order valence-electron chi connectivity index (χ2n) is 3.29. The van der Waals surface area contributed by atoms with Gasteiger partial charge < -0.3 is 9.14 Å². The van der Waals surface area contributed by atoms with Crippen LogP contribution < -0.4 is 0 Å². The Bertz CT molecular complexity index is 92.4. The molecule has 0 aliphatic heterocycles. The van der Waals surface area contributed by atoms with E-state index in [4.69, 9.17) is 0 Å². The Kier molecular flexibility index (Phi) is 6.46. The standard InChI is InChI=1S/C4H12N.C2H3BO2/c1-5(2,3)4;1-2(4)5-3/h1-4H3;1H3/q+1;. The Morgan fingerprint density at radius 1 is 1.30 bits per heavy atom. The van der Waals surface area contributed by atoms with E-state index in [1.165, 1.54) is 6.92 Å². The minimum atomic E-state index is -0.468. The van der Waals surface area contributed by atoms with E-state index in [1.54, 1.807) is 0 Å². The fraction of sp³-hybridized carbons (Fsp3) is 0.833. The molecule has 0 aromatic carbocycles. The van der Waals surface area contributed by atoms with Crippen LogP contribution >= 0.6 is 0 Å². The highest BCUT2D eigenvalue weighted by molar-refractivity contribution is 6.04. The molecule has 0 N–H and O–H groups in total. The summed E-state index contributed by atoms with van der Waals surface area (Å²) in [4.78, 5) is 9.47. The van der Waals surface area contributed by atoms with Gasteiger partial charge in [-0.25, -0.2) is 0 Å². The molecule has 0 aliphatic carbocycles. The molecule has 2 radical (unpaired) electrons. The molecule has 58 valence electrons. The molecule has 0 rings (SSSR count). The summed E-state index contributed by atoms with van der Waals surface area (Å²) in [7, 11) is 12.8. The van der Waals surface area contributed by atoms with Gasteiger partial charge in [-0.05, 0) is 0 Å². The Hall–Kier alpha value is -0.505. The van der Waals surface area contributed by atoms with E-state index in [2.05, 4.69) is 40.9 Å². The van der Waals surface area contributed by atoms with Crippen molar-refractivity contribution in [3.05, 3.63) is 0 Å². The third kappa shape index (κ3) is 141. The number of hydrogen-bond donors (Lipinski definition) is 0. The number of nitrogens with zero attached hydrogens (tertiary/aromatic N) is 1. The number of rotatable bonds is 0. The fourth-order valence-electron chi connectivity index (χ4n) is 0. The van der Waals surface area contributed by atoms with Gasteiger partial charge in [0, 0.05) is 6.92 Å². The number of carbonyl (C=O) groups excluding carboxylic acids is 1. The molecular weight excluding hydrogens is 129 g/mol. The molecule has 0 fully saturated rings. The van der Waals surface area contributed by atoms with E-state index >= 15 is 0 Å². The molecule has 0 aliphatic rings. The lowest BCUT2D eigenvalue weighted by Crippen LogP contribution is -2.27. The summed E-state index contributed by atoms with van der Waals surface area (Å²) < 4.78 is 4.61. The van der Waals surface area contributed by atoms with Gasteiger partial charge in [0.15, 0.2) is 0 Å². The van der Waals surface area contributed by atoms with Gasteiger partial charge in [0.25, 0.3) is 5.97 Å². The van der Waals surface area contributed by atoms with E-state index in [0.717, 1.165) is 4.48 Å². The van der Waals surface area contributed by atoms with Crippen molar-refractivity contribution in [2.75, 3.05) is 28.2 Å². The first kappa shape index (κ1) is 12.2. The maximum Gasteiger partial charge on any atom is 0.378 e. The van der Waals surface area contributed by atoms with Crippen LogP contribution in [0.3, 0.4) is 0 Å². The molecular formula is C6H15BNO2+. The van der Waals surface area contributed by atoms with E-state index < -0.39 is 5.97 Å². The van der Waals surface area contributed by atoms with Gasteiger partial charge in [-0.1, -0.05) is 0 Å². The summed E-state index contributed by atoms with van der Waals surface area (Å²) in [5.41, 5.74) is 0. The van der Waals surface area contributed by atoms with Crippen LogP contribution in [0.1, 0.15) is 6.92 Å². The molecule has 0 bridgehead atoms. The van der Waals surface area contributed by atoms with Gasteiger partial charge >= 0.3 is 8.05 Å². The van der Waals surface area contributed by atoms with Crippen molar-refractivity contribution in [2.45, 2.75) is 6.92 Å². The van der Waals surface area contributed by atoms with Crippen LogP contribution in [0.15, 0.2) is 0 Å². The van der Waals surface area contributed by atoms with Crippen molar-refractivity contribution in [3.8, 4) is 0 Å². The second-order valence-corrected chi connectivity index (χ2v) is 3.29. The highest BCUT2D eigenvalue weighted by atomic mass is 16.5. The van der Waals surface area contributed by atoms with Crippen LogP contribution in [-0.2, 0) is 9.45 Å². The van der Waals surface area contributed by atoms with Gasteiger partial charge in [0.2, 0.25) is 0 Å². The molecule has 4 heteroatoms. The topological polar surface area (TPSA) is 26.3 Å². The Morgan fingerprint density at radius 3 is 1.40 bits per heavy atom. The molecule has 0 atom stereocenters. The zero-order valence-electron chi connectivity index (χ0n) is 7.34. The summed E-state index contributed by atoms with van der Waals surface area (Å²) in [5.74, 6) is -0.468. The molecule has 0 saturated heterocycles. The summed E-state index contributed by atoms with van der Waals surface area (Å²) in [6.07, 6.45) is 0. The van der Waals surface area contributed by atoms with Crippen molar-refractivity contribution in [1.82, 2.24) is 0 Å². The van der Waals surface area contributed by atoms with Crippen molar-refractivity contribution < 1.29 is 13.9 Å². The first-order valence-electron chi connectivity index (χ1n) is 2.93. The second kappa shape index (κ2) is 5.29. The number of hydrogen-bond acceptors (Lipinski definition) is 2. The minimum absolute atomic E-state index is 0.468. The monoisotopic (exact) mass is 144 g/mol. The number of quaternary nitrogens is 1. The molecule has 0 unspecified atom stereocenters. The van der Waals surface area contributed by atoms with E-state index in [-0.39, 0.29) is 0 Å². The smallest absolute Gasteiger partial charge is 0.378 e. The lowest BCUT2D eigenvalue weighted by atomic mass is 10.6. The summed E-state index contributed by atoms with van der Waals surface area (Å²) in [6, 6.07) is 0. The van der Waals surface area contributed by atoms with Crippen LogP contribution in [0.25, 0.3) is 0 Å². The fourth-order valence-corrected chi connectivity index (χ4v) is 0. The highest BCUT2D eigenvalue weighted by Gasteiger charge is 1.88. The Balaban J connectivity index is 0. The normalized spacial score (nSPS) is 9.30. The van der Waals surface area contributed by atoms with Crippen molar-refractivity contribution in [3.63, 3.8) is 0 Å². The average Bonchev–Trinajstić information content (AvgIpc) is 1.61. The Labute approximate surface area is 64.0 Å². The van der Waals surface area contributed by atoms with Gasteiger partial charge in [-0.15, -0.1) is 0 Å². The van der Waals surface area contributed by atoms with Gasteiger partial charge in [0.05, 0.1) is 28.2 Å². The average molecular weight is 144 g/mol. The summed E-state index contributed by atoms with van der Waals surface area (Å²) >= 11 is 0. The molecule has 0 aromatic rings. The van der Waals surface area contributed by atoms with Crippen LogP contribution in [0, 0.1) is 0 Å². The van der Waals surface area contributed by atoms with Gasteiger partial charge in [-0.3, -0.25) is 4.79 Å². The van der Waals surface area contributed by atoms with Crippen LogP contribution in [0.2, 0.25) is 0 Å². The Morgan fingerprint density at radius 2 is 1.40 bits per heavy atom. The zero-order chi connectivity index (χ0) is 8.78. The molecule has 3 nitrogen and oxygen atoms in total. The van der Waals surface area contributed by atoms with Gasteiger partial charge in [0.1, 0.15) is 0 Å². The molecule has 10 heavy (non-hydrogen) atoms.